The first kappa shape index (κ1) is 17.0. The fourth-order valence-corrected chi connectivity index (χ4v) is 6.26. The third-order valence-electron chi connectivity index (χ3n) is 5.62. The zero-order chi connectivity index (χ0) is 17.4. The van der Waals surface area contributed by atoms with E-state index >= 15 is 0 Å². The standard InChI is InChI=1S/C22H28NOSi/c1-22(2,3)17-9-11-20(12-10-17)25(19-7-5-4-6-8-19)24-21-14-18-13-16(21)15-23-18/h4-12,16,18,21,23H,13-15H2,1-3H3. The molecular formula is C22H28NOSi. The molecule has 3 unspecified atom stereocenters. The number of nitrogens with one attached hydrogen (secondary N) is 1. The maximum Gasteiger partial charge on any atom is 0.283 e. The average molecular weight is 351 g/mol. The van der Waals surface area contributed by atoms with Gasteiger partial charge in [-0.15, -0.1) is 0 Å². The number of fused-ring (bicyclic) bond motifs is 2. The van der Waals surface area contributed by atoms with Crippen molar-refractivity contribution in [2.24, 2.45) is 5.92 Å². The first-order valence-corrected chi connectivity index (χ1v) is 10.8. The van der Waals surface area contributed by atoms with Crippen molar-refractivity contribution in [2.75, 3.05) is 6.54 Å². The summed E-state index contributed by atoms with van der Waals surface area (Å²) in [6.07, 6.45) is 2.88. The van der Waals surface area contributed by atoms with Crippen molar-refractivity contribution >= 4 is 19.4 Å². The van der Waals surface area contributed by atoms with E-state index in [-0.39, 0.29) is 5.41 Å². The van der Waals surface area contributed by atoms with Crippen molar-refractivity contribution in [1.82, 2.24) is 5.32 Å². The zero-order valence-electron chi connectivity index (χ0n) is 15.5. The lowest BCUT2D eigenvalue weighted by Crippen LogP contribution is -2.49. The minimum absolute atomic E-state index is 0.190. The van der Waals surface area contributed by atoms with E-state index in [0.717, 1.165) is 6.54 Å². The summed E-state index contributed by atoms with van der Waals surface area (Å²) in [6, 6.07) is 20.7. The highest BCUT2D eigenvalue weighted by Gasteiger charge is 2.41. The van der Waals surface area contributed by atoms with Gasteiger partial charge in [-0.05, 0) is 40.1 Å². The summed E-state index contributed by atoms with van der Waals surface area (Å²) in [4.78, 5) is 0. The van der Waals surface area contributed by atoms with Crippen molar-refractivity contribution in [1.29, 1.82) is 0 Å². The van der Waals surface area contributed by atoms with Gasteiger partial charge in [0.1, 0.15) is 0 Å². The summed E-state index contributed by atoms with van der Waals surface area (Å²) < 4.78 is 6.80. The van der Waals surface area contributed by atoms with Gasteiger partial charge in [-0.3, -0.25) is 0 Å². The van der Waals surface area contributed by atoms with Crippen LogP contribution in [0.5, 0.6) is 0 Å². The van der Waals surface area contributed by atoms with E-state index in [0.29, 0.717) is 18.1 Å². The lowest BCUT2D eigenvalue weighted by molar-refractivity contribution is 0.151. The fourth-order valence-electron chi connectivity index (χ4n) is 4.10. The van der Waals surface area contributed by atoms with Gasteiger partial charge < -0.3 is 9.74 Å². The third-order valence-corrected chi connectivity index (χ3v) is 7.87. The predicted octanol–water partition coefficient (Wildman–Crippen LogP) is 2.86. The Kier molecular flexibility index (Phi) is 4.57. The fraction of sp³-hybridized carbons (Fsp3) is 0.455. The first-order chi connectivity index (χ1) is 12.0. The summed E-state index contributed by atoms with van der Waals surface area (Å²) in [7, 11) is -1.19. The molecule has 131 valence electrons. The average Bonchev–Trinajstić information content (AvgIpc) is 3.23. The largest absolute Gasteiger partial charge is 0.404 e. The molecule has 2 nitrogen and oxygen atoms in total. The lowest BCUT2D eigenvalue weighted by Gasteiger charge is -2.28. The molecule has 2 bridgehead atoms. The Morgan fingerprint density at radius 1 is 0.920 bits per heavy atom. The van der Waals surface area contributed by atoms with Crippen LogP contribution in [0.25, 0.3) is 0 Å². The van der Waals surface area contributed by atoms with Crippen LogP contribution in [-0.4, -0.2) is 27.7 Å². The van der Waals surface area contributed by atoms with Crippen LogP contribution in [0.2, 0.25) is 0 Å². The van der Waals surface area contributed by atoms with Crippen molar-refractivity contribution in [3.05, 3.63) is 60.2 Å². The van der Waals surface area contributed by atoms with Crippen LogP contribution in [0.15, 0.2) is 54.6 Å². The second kappa shape index (κ2) is 6.71. The van der Waals surface area contributed by atoms with Crippen LogP contribution < -0.4 is 15.7 Å². The van der Waals surface area contributed by atoms with E-state index in [1.807, 2.05) is 0 Å². The molecule has 25 heavy (non-hydrogen) atoms. The first-order valence-electron chi connectivity index (χ1n) is 9.44. The van der Waals surface area contributed by atoms with Gasteiger partial charge in [0.15, 0.2) is 0 Å². The lowest BCUT2D eigenvalue weighted by atomic mass is 9.87. The molecular weight excluding hydrogens is 322 g/mol. The van der Waals surface area contributed by atoms with Gasteiger partial charge in [-0.25, -0.2) is 0 Å². The molecule has 3 heteroatoms. The van der Waals surface area contributed by atoms with Crippen molar-refractivity contribution < 1.29 is 4.43 Å². The SMILES string of the molecule is CC(C)(C)c1ccc([Si](OC2CC3CC2CN3)c2ccccc2)cc1. The predicted molar refractivity (Wildman–Crippen MR) is 106 cm³/mol. The second-order valence-corrected chi connectivity index (χ2v) is 10.6. The maximum atomic E-state index is 6.80. The smallest absolute Gasteiger partial charge is 0.283 e. The molecule has 1 N–H and O–H groups in total. The summed E-state index contributed by atoms with van der Waals surface area (Å²) in [5.74, 6) is 0.697. The molecule has 2 aromatic carbocycles. The highest BCUT2D eigenvalue weighted by molar-refractivity contribution is 6.80. The Labute approximate surface area is 153 Å². The van der Waals surface area contributed by atoms with Gasteiger partial charge in [-0.2, -0.15) is 0 Å². The van der Waals surface area contributed by atoms with Gasteiger partial charge in [0.05, 0.1) is 6.10 Å². The van der Waals surface area contributed by atoms with E-state index in [4.69, 9.17) is 4.43 Å². The minimum atomic E-state index is -1.19. The van der Waals surface area contributed by atoms with Crippen molar-refractivity contribution in [2.45, 2.75) is 51.2 Å². The van der Waals surface area contributed by atoms with Crippen molar-refractivity contribution in [3.63, 3.8) is 0 Å². The van der Waals surface area contributed by atoms with E-state index in [1.54, 1.807) is 0 Å². The number of benzene rings is 2. The molecule has 0 spiro atoms. The van der Waals surface area contributed by atoms with Crippen molar-refractivity contribution in [3.8, 4) is 0 Å². The third kappa shape index (κ3) is 3.59. The minimum Gasteiger partial charge on any atom is -0.404 e. The van der Waals surface area contributed by atoms with Gasteiger partial charge in [0.2, 0.25) is 0 Å². The highest BCUT2D eigenvalue weighted by Crippen LogP contribution is 2.33. The molecule has 1 aliphatic heterocycles. The second-order valence-electron chi connectivity index (χ2n) is 8.52. The summed E-state index contributed by atoms with van der Waals surface area (Å²) >= 11 is 0. The molecule has 4 rings (SSSR count). The molecule has 2 aliphatic rings. The molecule has 2 aromatic rings. The summed E-state index contributed by atoms with van der Waals surface area (Å²) in [6.45, 7) is 7.93. The van der Waals surface area contributed by atoms with Crippen LogP contribution >= 0.6 is 0 Å². The van der Waals surface area contributed by atoms with Crippen LogP contribution in [-0.2, 0) is 9.84 Å². The Morgan fingerprint density at radius 3 is 2.16 bits per heavy atom. The van der Waals surface area contributed by atoms with Crippen LogP contribution in [0.3, 0.4) is 0 Å². The summed E-state index contributed by atoms with van der Waals surface area (Å²) in [5.41, 5.74) is 1.57. The van der Waals surface area contributed by atoms with Crippen LogP contribution in [0, 0.1) is 5.92 Å². The number of rotatable bonds is 4. The molecule has 0 amide bonds. The zero-order valence-corrected chi connectivity index (χ0v) is 16.5. The van der Waals surface area contributed by atoms with Gasteiger partial charge in [0.25, 0.3) is 9.04 Å². The Morgan fingerprint density at radius 2 is 1.60 bits per heavy atom. The molecule has 1 heterocycles. The normalized spacial score (nSPS) is 25.7. The van der Waals surface area contributed by atoms with E-state index < -0.39 is 9.04 Å². The van der Waals surface area contributed by atoms with Gasteiger partial charge in [0, 0.05) is 12.6 Å². The Bertz CT molecular complexity index is 707. The topological polar surface area (TPSA) is 21.3 Å². The molecule has 1 saturated carbocycles. The Hall–Kier alpha value is -1.42. The highest BCUT2D eigenvalue weighted by atomic mass is 28.3. The monoisotopic (exact) mass is 350 g/mol. The van der Waals surface area contributed by atoms with Gasteiger partial charge in [-0.1, -0.05) is 75.4 Å². The maximum absolute atomic E-state index is 6.80. The molecule has 1 saturated heterocycles. The van der Waals surface area contributed by atoms with E-state index in [9.17, 15) is 0 Å². The molecule has 1 aliphatic carbocycles. The summed E-state index contributed by atoms with van der Waals surface area (Å²) in [5, 5.41) is 6.31. The number of hydrogen-bond donors (Lipinski definition) is 1. The molecule has 2 fully saturated rings. The Balaban J connectivity index is 1.61. The van der Waals surface area contributed by atoms with Crippen LogP contribution in [0.4, 0.5) is 0 Å². The quantitative estimate of drug-likeness (QED) is 0.856. The molecule has 1 radical (unpaired) electrons. The van der Waals surface area contributed by atoms with E-state index in [1.165, 1.54) is 28.8 Å². The molecule has 0 aromatic heterocycles. The number of hydrogen-bond acceptors (Lipinski definition) is 2. The van der Waals surface area contributed by atoms with Crippen LogP contribution in [0.1, 0.15) is 39.2 Å². The van der Waals surface area contributed by atoms with Gasteiger partial charge >= 0.3 is 0 Å². The molecule has 3 atom stereocenters. The number of piperidine rings is 1. The van der Waals surface area contributed by atoms with E-state index in [2.05, 4.69) is 80.7 Å².